The first kappa shape index (κ1) is 15.4. The van der Waals surface area contributed by atoms with Crippen LogP contribution in [-0.4, -0.2) is 15.7 Å². The summed E-state index contributed by atoms with van der Waals surface area (Å²) in [5.41, 5.74) is 4.86. The van der Waals surface area contributed by atoms with Crippen LogP contribution in [0.15, 0.2) is 60.8 Å². The number of carbonyl (C=O) groups is 1. The highest BCUT2D eigenvalue weighted by Gasteiger charge is 2.53. The lowest BCUT2D eigenvalue weighted by Crippen LogP contribution is -2.47. The van der Waals surface area contributed by atoms with Gasteiger partial charge in [-0.2, -0.15) is 5.10 Å². The van der Waals surface area contributed by atoms with E-state index in [1.54, 1.807) is 10.9 Å². The van der Waals surface area contributed by atoms with Crippen LogP contribution in [0.25, 0.3) is 0 Å². The number of aromatic nitrogens is 2. The van der Waals surface area contributed by atoms with Crippen molar-refractivity contribution >= 4 is 11.7 Å². The Balaban J connectivity index is 1.64. The molecule has 1 aromatic heterocycles. The number of hydrogen-bond acceptors (Lipinski definition) is 2. The molecule has 2 aromatic carbocycles. The number of carbonyl (C=O) groups excluding carboxylic acids is 1. The van der Waals surface area contributed by atoms with Gasteiger partial charge in [-0.3, -0.25) is 9.48 Å². The molecular formula is C22H21N3O. The van der Waals surface area contributed by atoms with E-state index in [-0.39, 0.29) is 17.7 Å². The minimum atomic E-state index is -0.488. The van der Waals surface area contributed by atoms with Crippen molar-refractivity contribution in [3.63, 3.8) is 0 Å². The fourth-order valence-electron chi connectivity index (χ4n) is 4.94. The molecule has 0 spiro atoms. The Hall–Kier alpha value is -2.88. The zero-order valence-electron chi connectivity index (χ0n) is 14.9. The first-order valence-corrected chi connectivity index (χ1v) is 9.07. The molecule has 0 saturated carbocycles. The minimum Gasteiger partial charge on any atom is -0.310 e. The van der Waals surface area contributed by atoms with Gasteiger partial charge in [-0.1, -0.05) is 48.5 Å². The van der Waals surface area contributed by atoms with Crippen molar-refractivity contribution in [1.29, 1.82) is 0 Å². The third kappa shape index (κ3) is 1.96. The molecule has 0 fully saturated rings. The Morgan fingerprint density at radius 3 is 2.15 bits per heavy atom. The zero-order chi connectivity index (χ0) is 17.9. The maximum Gasteiger partial charge on any atom is 0.232 e. The molecule has 6 rings (SSSR count). The van der Waals surface area contributed by atoms with Crippen LogP contribution in [0.2, 0.25) is 0 Å². The van der Waals surface area contributed by atoms with Crippen molar-refractivity contribution in [1.82, 2.24) is 9.78 Å². The van der Waals surface area contributed by atoms with Gasteiger partial charge < -0.3 is 5.32 Å². The smallest absolute Gasteiger partial charge is 0.232 e. The van der Waals surface area contributed by atoms with Crippen LogP contribution in [-0.2, 0) is 11.8 Å². The Labute approximate surface area is 152 Å². The monoisotopic (exact) mass is 343 g/mol. The van der Waals surface area contributed by atoms with Gasteiger partial charge in [0.25, 0.3) is 0 Å². The minimum absolute atomic E-state index is 0.0695. The Kier molecular flexibility index (Phi) is 3.14. The molecule has 1 N–H and O–H groups in total. The highest BCUT2D eigenvalue weighted by molar-refractivity contribution is 5.96. The van der Waals surface area contributed by atoms with Crippen molar-refractivity contribution in [2.24, 2.45) is 12.5 Å². The molecule has 4 nitrogen and oxygen atoms in total. The lowest BCUT2D eigenvalue weighted by molar-refractivity contribution is -0.126. The fourth-order valence-corrected chi connectivity index (χ4v) is 4.94. The number of benzene rings is 2. The third-order valence-corrected chi connectivity index (χ3v) is 6.21. The van der Waals surface area contributed by atoms with Gasteiger partial charge in [0, 0.05) is 24.9 Å². The standard InChI is InChI=1S/C22H21N3O/c1-22(21(26)24-19-11-12-23-25(19)2)13-18-14-7-3-5-9-16(14)20(22)17-10-6-4-8-15(17)18/h3-12,18,20H,13H2,1-2H3,(H,24,26)/t18?,20?,22-/m1/s1. The van der Waals surface area contributed by atoms with E-state index in [0.717, 1.165) is 12.2 Å². The van der Waals surface area contributed by atoms with Crippen molar-refractivity contribution in [2.45, 2.75) is 25.2 Å². The van der Waals surface area contributed by atoms with Gasteiger partial charge in [0.1, 0.15) is 5.82 Å². The molecule has 0 radical (unpaired) electrons. The van der Waals surface area contributed by atoms with Crippen LogP contribution in [0.5, 0.6) is 0 Å². The van der Waals surface area contributed by atoms with E-state index < -0.39 is 5.41 Å². The van der Waals surface area contributed by atoms with Crippen molar-refractivity contribution < 1.29 is 4.79 Å². The number of anilines is 1. The Bertz CT molecular complexity index is 974. The van der Waals surface area contributed by atoms with Gasteiger partial charge in [-0.05, 0) is 35.6 Å². The average molecular weight is 343 g/mol. The lowest BCUT2D eigenvalue weighted by Gasteiger charge is -2.50. The van der Waals surface area contributed by atoms with Crippen molar-refractivity contribution in [3.05, 3.63) is 83.0 Å². The van der Waals surface area contributed by atoms with Crippen LogP contribution < -0.4 is 5.32 Å². The number of amides is 1. The first-order valence-electron chi connectivity index (χ1n) is 9.07. The normalized spacial score (nSPS) is 25.5. The highest BCUT2D eigenvalue weighted by atomic mass is 16.2. The average Bonchev–Trinajstić information content (AvgIpc) is 3.06. The molecule has 2 bridgehead atoms. The number of nitrogens with one attached hydrogen (secondary N) is 1. The second-order valence-electron chi connectivity index (χ2n) is 7.66. The number of rotatable bonds is 2. The van der Waals surface area contributed by atoms with E-state index >= 15 is 0 Å². The van der Waals surface area contributed by atoms with Gasteiger partial charge >= 0.3 is 0 Å². The van der Waals surface area contributed by atoms with E-state index in [2.05, 4.69) is 65.9 Å². The topological polar surface area (TPSA) is 46.9 Å². The third-order valence-electron chi connectivity index (χ3n) is 6.21. The molecule has 1 heterocycles. The van der Waals surface area contributed by atoms with Crippen LogP contribution in [0.4, 0.5) is 5.82 Å². The SMILES string of the molecule is Cn1nccc1NC(=O)[C@]1(C)CC2c3ccccc3C1c1ccccc12. The summed E-state index contributed by atoms with van der Waals surface area (Å²) in [6, 6.07) is 19.1. The maximum atomic E-state index is 13.4. The van der Waals surface area contributed by atoms with Crippen LogP contribution >= 0.6 is 0 Å². The summed E-state index contributed by atoms with van der Waals surface area (Å²) in [6.45, 7) is 2.11. The van der Waals surface area contributed by atoms with Crippen molar-refractivity contribution in [3.8, 4) is 0 Å². The quantitative estimate of drug-likeness (QED) is 0.763. The van der Waals surface area contributed by atoms with Crippen LogP contribution in [0.1, 0.15) is 47.4 Å². The van der Waals surface area contributed by atoms with E-state index in [0.29, 0.717) is 0 Å². The molecule has 4 heteroatoms. The second-order valence-corrected chi connectivity index (χ2v) is 7.66. The molecule has 1 amide bonds. The molecule has 0 aliphatic heterocycles. The number of hydrogen-bond donors (Lipinski definition) is 1. The lowest BCUT2D eigenvalue weighted by atomic mass is 9.52. The molecule has 1 atom stereocenters. The molecule has 3 aromatic rings. The molecule has 0 saturated heterocycles. The van der Waals surface area contributed by atoms with E-state index in [1.807, 2.05) is 13.1 Å². The zero-order valence-corrected chi connectivity index (χ0v) is 14.9. The summed E-state index contributed by atoms with van der Waals surface area (Å²) in [7, 11) is 1.84. The molecule has 130 valence electrons. The van der Waals surface area contributed by atoms with Gasteiger partial charge in [0.05, 0.1) is 11.6 Å². The van der Waals surface area contributed by atoms with Gasteiger partial charge in [-0.15, -0.1) is 0 Å². The highest BCUT2D eigenvalue weighted by Crippen LogP contribution is 2.61. The Morgan fingerprint density at radius 2 is 1.62 bits per heavy atom. The van der Waals surface area contributed by atoms with Crippen LogP contribution in [0.3, 0.4) is 0 Å². The predicted molar refractivity (Wildman–Crippen MR) is 101 cm³/mol. The van der Waals surface area contributed by atoms with Gasteiger partial charge in [0.2, 0.25) is 5.91 Å². The second kappa shape index (κ2) is 5.31. The summed E-state index contributed by atoms with van der Waals surface area (Å²) in [4.78, 5) is 13.4. The molecule has 3 aliphatic rings. The molecular weight excluding hydrogens is 322 g/mol. The largest absolute Gasteiger partial charge is 0.310 e. The van der Waals surface area contributed by atoms with Gasteiger partial charge in [0.15, 0.2) is 0 Å². The molecule has 3 aliphatic carbocycles. The number of aryl methyl sites for hydroxylation is 1. The van der Waals surface area contributed by atoms with Crippen LogP contribution in [0, 0.1) is 5.41 Å². The predicted octanol–water partition coefficient (Wildman–Crippen LogP) is 4.05. The number of nitrogens with zero attached hydrogens (tertiary/aromatic N) is 2. The molecule has 26 heavy (non-hydrogen) atoms. The fraction of sp³-hybridized carbons (Fsp3) is 0.273. The summed E-state index contributed by atoms with van der Waals surface area (Å²) < 4.78 is 1.70. The Morgan fingerprint density at radius 1 is 1.04 bits per heavy atom. The van der Waals surface area contributed by atoms with Crippen molar-refractivity contribution in [2.75, 3.05) is 5.32 Å². The maximum absolute atomic E-state index is 13.4. The summed E-state index contributed by atoms with van der Waals surface area (Å²) in [5.74, 6) is 1.15. The van der Waals surface area contributed by atoms with E-state index in [4.69, 9.17) is 0 Å². The van der Waals surface area contributed by atoms with E-state index in [1.165, 1.54) is 22.3 Å². The van der Waals surface area contributed by atoms with E-state index in [9.17, 15) is 4.79 Å². The summed E-state index contributed by atoms with van der Waals surface area (Å²) >= 11 is 0. The van der Waals surface area contributed by atoms with Gasteiger partial charge in [-0.25, -0.2) is 0 Å². The first-order chi connectivity index (χ1) is 12.6. The number of fused-ring (bicyclic) bond motifs is 1. The molecule has 0 unspecified atom stereocenters. The summed E-state index contributed by atoms with van der Waals surface area (Å²) in [6.07, 6.45) is 2.53. The summed E-state index contributed by atoms with van der Waals surface area (Å²) in [5, 5.41) is 7.27.